The van der Waals surface area contributed by atoms with Crippen molar-refractivity contribution in [3.8, 4) is 6.01 Å². The van der Waals surface area contributed by atoms with E-state index in [4.69, 9.17) is 16.3 Å². The maximum absolute atomic E-state index is 5.86. The first kappa shape index (κ1) is 13.3. The highest BCUT2D eigenvalue weighted by Gasteiger charge is 2.33. The Bertz CT molecular complexity index is 433. The van der Waals surface area contributed by atoms with Gasteiger partial charge in [0.2, 0.25) is 11.2 Å². The Morgan fingerprint density at radius 3 is 2.56 bits per heavy atom. The molecule has 0 aromatic carbocycles. The second-order valence-electron chi connectivity index (χ2n) is 5.69. The minimum absolute atomic E-state index is 0.177. The Morgan fingerprint density at radius 1 is 1.28 bits per heavy atom. The molecule has 1 aliphatic heterocycles. The third kappa shape index (κ3) is 2.83. The van der Waals surface area contributed by atoms with Crippen LogP contribution in [0.15, 0.2) is 0 Å². The molecule has 1 atom stereocenters. The van der Waals surface area contributed by atoms with E-state index >= 15 is 0 Å². The number of aromatic nitrogens is 3. The molecule has 0 spiro atoms. The van der Waals surface area contributed by atoms with Crippen LogP contribution in [0.2, 0.25) is 5.28 Å². The first-order valence-corrected chi connectivity index (χ1v) is 6.48. The van der Waals surface area contributed by atoms with Crippen molar-refractivity contribution < 1.29 is 4.74 Å². The number of methoxy groups -OCH3 is 1. The van der Waals surface area contributed by atoms with Crippen molar-refractivity contribution in [1.29, 1.82) is 0 Å². The molecular weight excluding hydrogens is 252 g/mol. The molecule has 1 saturated heterocycles. The van der Waals surface area contributed by atoms with Gasteiger partial charge in [0.1, 0.15) is 0 Å². The molecule has 100 valence electrons. The van der Waals surface area contributed by atoms with Crippen molar-refractivity contribution in [2.24, 2.45) is 11.3 Å². The Balaban J connectivity index is 2.16. The molecule has 0 saturated carbocycles. The van der Waals surface area contributed by atoms with E-state index < -0.39 is 0 Å². The fourth-order valence-corrected chi connectivity index (χ4v) is 2.35. The van der Waals surface area contributed by atoms with Crippen molar-refractivity contribution in [2.75, 3.05) is 25.1 Å². The second kappa shape index (κ2) is 4.88. The van der Waals surface area contributed by atoms with Crippen molar-refractivity contribution in [2.45, 2.75) is 27.2 Å². The summed E-state index contributed by atoms with van der Waals surface area (Å²) in [6.45, 7) is 8.70. The van der Waals surface area contributed by atoms with E-state index in [9.17, 15) is 0 Å². The third-order valence-corrected chi connectivity index (χ3v) is 3.62. The van der Waals surface area contributed by atoms with Crippen LogP contribution < -0.4 is 9.64 Å². The van der Waals surface area contributed by atoms with Crippen LogP contribution in [0.3, 0.4) is 0 Å². The highest BCUT2D eigenvalue weighted by molar-refractivity contribution is 6.28. The van der Waals surface area contributed by atoms with Gasteiger partial charge < -0.3 is 9.64 Å². The molecule has 1 aliphatic rings. The molecule has 1 aromatic rings. The van der Waals surface area contributed by atoms with E-state index in [0.29, 0.717) is 17.3 Å². The third-order valence-electron chi connectivity index (χ3n) is 3.45. The van der Waals surface area contributed by atoms with Gasteiger partial charge >= 0.3 is 6.01 Å². The molecule has 0 bridgehead atoms. The highest BCUT2D eigenvalue weighted by atomic mass is 35.5. The minimum atomic E-state index is 0.177. The van der Waals surface area contributed by atoms with Crippen LogP contribution in [-0.4, -0.2) is 35.2 Å². The largest absolute Gasteiger partial charge is 0.467 e. The van der Waals surface area contributed by atoms with Crippen LogP contribution in [0.25, 0.3) is 0 Å². The summed E-state index contributed by atoms with van der Waals surface area (Å²) in [4.78, 5) is 14.4. The maximum Gasteiger partial charge on any atom is 0.322 e. The average Bonchev–Trinajstić information content (AvgIpc) is 2.77. The molecule has 5 nitrogen and oxygen atoms in total. The lowest BCUT2D eigenvalue weighted by molar-refractivity contribution is 0.263. The van der Waals surface area contributed by atoms with Gasteiger partial charge in [-0.05, 0) is 29.4 Å². The molecule has 1 unspecified atom stereocenters. The van der Waals surface area contributed by atoms with Gasteiger partial charge in [0.15, 0.2) is 0 Å². The molecule has 1 aromatic heterocycles. The van der Waals surface area contributed by atoms with Crippen LogP contribution in [0, 0.1) is 11.3 Å². The summed E-state index contributed by atoms with van der Waals surface area (Å²) in [5.41, 5.74) is 0.301. The number of nitrogens with zero attached hydrogens (tertiary/aromatic N) is 4. The summed E-state index contributed by atoms with van der Waals surface area (Å²) in [6.07, 6.45) is 1.15. The number of anilines is 1. The van der Waals surface area contributed by atoms with E-state index in [1.54, 1.807) is 0 Å². The zero-order valence-corrected chi connectivity index (χ0v) is 12.0. The Morgan fingerprint density at radius 2 is 2.00 bits per heavy atom. The Kier molecular flexibility index (Phi) is 3.61. The molecule has 0 N–H and O–H groups in total. The summed E-state index contributed by atoms with van der Waals surface area (Å²) in [7, 11) is 1.53. The fraction of sp³-hybridized carbons (Fsp3) is 0.750. The van der Waals surface area contributed by atoms with Crippen LogP contribution in [-0.2, 0) is 0 Å². The molecule has 0 amide bonds. The average molecular weight is 271 g/mol. The van der Waals surface area contributed by atoms with Crippen LogP contribution in [0.1, 0.15) is 27.2 Å². The quantitative estimate of drug-likeness (QED) is 0.826. The lowest BCUT2D eigenvalue weighted by atomic mass is 9.80. The number of hydrogen-bond acceptors (Lipinski definition) is 5. The predicted octanol–water partition coefficient (Wildman–Crippen LogP) is 2.41. The lowest BCUT2D eigenvalue weighted by Gasteiger charge is -2.26. The zero-order chi connectivity index (χ0) is 13.3. The van der Waals surface area contributed by atoms with E-state index in [-0.39, 0.29) is 11.3 Å². The molecular formula is C12H19ClN4O. The molecule has 0 radical (unpaired) electrons. The van der Waals surface area contributed by atoms with Gasteiger partial charge in [-0.2, -0.15) is 15.0 Å². The molecule has 1 fully saturated rings. The van der Waals surface area contributed by atoms with Gasteiger partial charge in [-0.15, -0.1) is 0 Å². The Hall–Kier alpha value is -1.10. The molecule has 0 aliphatic carbocycles. The van der Waals surface area contributed by atoms with E-state index in [1.165, 1.54) is 7.11 Å². The summed E-state index contributed by atoms with van der Waals surface area (Å²) in [5, 5.41) is 0.177. The standard InChI is InChI=1S/C12H19ClN4O/c1-12(2,3)8-5-6-17(7-8)10-14-9(13)15-11(16-10)18-4/h8H,5-7H2,1-4H3. The van der Waals surface area contributed by atoms with Gasteiger partial charge in [0.05, 0.1) is 7.11 Å². The summed E-state index contributed by atoms with van der Waals surface area (Å²) < 4.78 is 5.02. The van der Waals surface area contributed by atoms with Gasteiger partial charge in [0, 0.05) is 13.1 Å². The molecule has 2 rings (SSSR count). The summed E-state index contributed by atoms with van der Waals surface area (Å²) >= 11 is 5.86. The van der Waals surface area contributed by atoms with Crippen LogP contribution in [0.5, 0.6) is 6.01 Å². The van der Waals surface area contributed by atoms with Crippen LogP contribution >= 0.6 is 11.6 Å². The Labute approximate surface area is 113 Å². The van der Waals surface area contributed by atoms with Gasteiger partial charge in [-0.25, -0.2) is 0 Å². The van der Waals surface area contributed by atoms with Gasteiger partial charge in [-0.1, -0.05) is 20.8 Å². The molecule has 2 heterocycles. The topological polar surface area (TPSA) is 51.1 Å². The van der Waals surface area contributed by atoms with E-state index in [2.05, 4.69) is 40.6 Å². The van der Waals surface area contributed by atoms with Crippen molar-refractivity contribution in [3.05, 3.63) is 5.28 Å². The summed E-state index contributed by atoms with van der Waals surface area (Å²) in [6, 6.07) is 0.268. The molecule has 6 heteroatoms. The first-order chi connectivity index (χ1) is 8.40. The highest BCUT2D eigenvalue weighted by Crippen LogP contribution is 2.34. The van der Waals surface area contributed by atoms with Crippen molar-refractivity contribution in [1.82, 2.24) is 15.0 Å². The van der Waals surface area contributed by atoms with Crippen LogP contribution in [0.4, 0.5) is 5.95 Å². The van der Waals surface area contributed by atoms with Crippen molar-refractivity contribution in [3.63, 3.8) is 0 Å². The summed E-state index contributed by atoms with van der Waals surface area (Å²) in [5.74, 6) is 1.25. The lowest BCUT2D eigenvalue weighted by Crippen LogP contribution is -2.27. The maximum atomic E-state index is 5.86. The molecule has 18 heavy (non-hydrogen) atoms. The first-order valence-electron chi connectivity index (χ1n) is 6.10. The van der Waals surface area contributed by atoms with Gasteiger partial charge in [0.25, 0.3) is 0 Å². The SMILES string of the molecule is COc1nc(Cl)nc(N2CCC(C(C)(C)C)C2)n1. The predicted molar refractivity (Wildman–Crippen MR) is 71.2 cm³/mol. The van der Waals surface area contributed by atoms with Gasteiger partial charge in [-0.3, -0.25) is 0 Å². The number of rotatable bonds is 2. The second-order valence-corrected chi connectivity index (χ2v) is 6.03. The number of halogens is 1. The van der Waals surface area contributed by atoms with E-state index in [0.717, 1.165) is 19.5 Å². The zero-order valence-electron chi connectivity index (χ0n) is 11.3. The smallest absolute Gasteiger partial charge is 0.322 e. The van der Waals surface area contributed by atoms with Crippen molar-refractivity contribution >= 4 is 17.5 Å². The fourth-order valence-electron chi connectivity index (χ4n) is 2.20. The van der Waals surface area contributed by atoms with E-state index in [1.807, 2.05) is 0 Å². The monoisotopic (exact) mass is 270 g/mol. The number of ether oxygens (including phenoxy) is 1. The number of hydrogen-bond donors (Lipinski definition) is 0. The minimum Gasteiger partial charge on any atom is -0.467 e. The normalized spacial score (nSPS) is 20.3.